The highest BCUT2D eigenvalue weighted by Gasteiger charge is 2.46. The molecule has 2 heterocycles. The van der Waals surface area contributed by atoms with E-state index in [4.69, 9.17) is 18.9 Å². The van der Waals surface area contributed by atoms with Crippen LogP contribution in [0.1, 0.15) is 71.1 Å². The Morgan fingerprint density at radius 3 is 2.08 bits per heavy atom. The lowest BCUT2D eigenvalue weighted by Crippen LogP contribution is -2.59. The number of anilines is 1. The van der Waals surface area contributed by atoms with Gasteiger partial charge in [-0.1, -0.05) is 32.0 Å². The number of carboxylic acid groups (broad SMARTS) is 1. The van der Waals surface area contributed by atoms with Crippen molar-refractivity contribution in [3.63, 3.8) is 0 Å². The third-order valence-corrected chi connectivity index (χ3v) is 10.7. The number of aliphatic carboxylic acids is 1. The second kappa shape index (κ2) is 22.8. The van der Waals surface area contributed by atoms with Gasteiger partial charge in [0.1, 0.15) is 48.8 Å². The van der Waals surface area contributed by atoms with Gasteiger partial charge in [-0.2, -0.15) is 0 Å². The summed E-state index contributed by atoms with van der Waals surface area (Å²) in [7, 11) is 1.59. The summed E-state index contributed by atoms with van der Waals surface area (Å²) in [5.41, 5.74) is 1.07. The summed E-state index contributed by atoms with van der Waals surface area (Å²) in [6.07, 6.45) is -5.51. The number of imide groups is 1. The minimum atomic E-state index is -1.86. The maximum absolute atomic E-state index is 13.9. The molecule has 1 fully saturated rings. The molecule has 19 nitrogen and oxygen atoms in total. The van der Waals surface area contributed by atoms with E-state index in [9.17, 15) is 54.0 Å². The lowest BCUT2D eigenvalue weighted by atomic mass is 9.91. The molecule has 2 aliphatic rings. The molecule has 2 aromatic carbocycles. The van der Waals surface area contributed by atoms with Crippen LogP contribution in [0.4, 0.5) is 5.69 Å². The van der Waals surface area contributed by atoms with Crippen LogP contribution in [-0.2, 0) is 67.2 Å². The Balaban J connectivity index is 1.47. The van der Waals surface area contributed by atoms with Crippen molar-refractivity contribution in [3.05, 3.63) is 71.3 Å². The zero-order valence-corrected chi connectivity index (χ0v) is 37.1. The summed E-state index contributed by atoms with van der Waals surface area (Å²) >= 11 is 0. The van der Waals surface area contributed by atoms with Crippen LogP contribution in [0.2, 0.25) is 0 Å². The second-order valence-corrected chi connectivity index (χ2v) is 17.1. The highest BCUT2D eigenvalue weighted by Crippen LogP contribution is 2.28. The van der Waals surface area contributed by atoms with Gasteiger partial charge in [0.15, 0.2) is 6.10 Å². The Bertz CT molecular complexity index is 2010. The summed E-state index contributed by atoms with van der Waals surface area (Å²) in [6, 6.07) is 7.84. The predicted molar refractivity (Wildman–Crippen MR) is 228 cm³/mol. The van der Waals surface area contributed by atoms with E-state index in [-0.39, 0.29) is 31.6 Å². The minimum Gasteiger partial charge on any atom is -0.494 e. The molecule has 7 N–H and O–H groups in total. The maximum atomic E-state index is 13.9. The molecule has 1 saturated heterocycles. The number of benzene rings is 2. The third-order valence-electron chi connectivity index (χ3n) is 10.7. The fraction of sp³-hybridized carbons (Fsp3) is 0.533. The van der Waals surface area contributed by atoms with Crippen molar-refractivity contribution < 1.29 is 72.9 Å². The normalized spacial score (nSPS) is 21.2. The van der Waals surface area contributed by atoms with Crippen molar-refractivity contribution in [1.82, 2.24) is 15.5 Å². The number of methoxy groups -OCH3 is 1. The first-order valence-corrected chi connectivity index (χ1v) is 21.0. The topological polar surface area (TPSA) is 277 Å². The van der Waals surface area contributed by atoms with Crippen LogP contribution < -0.4 is 20.7 Å². The number of ether oxygens (including phenoxy) is 4. The molecular weight excluding hydrogens is 837 g/mol. The van der Waals surface area contributed by atoms with E-state index in [1.54, 1.807) is 84.2 Å². The molecular formula is C45H60N4O15. The fourth-order valence-electron chi connectivity index (χ4n) is 6.89. The number of hydrogen-bond donors (Lipinski definition) is 7. The molecule has 0 unspecified atom stereocenters. The van der Waals surface area contributed by atoms with Gasteiger partial charge in [-0.3, -0.25) is 33.7 Å². The van der Waals surface area contributed by atoms with Crippen molar-refractivity contribution in [1.29, 1.82) is 0 Å². The van der Waals surface area contributed by atoms with E-state index in [1.807, 2.05) is 0 Å². The van der Waals surface area contributed by atoms with Crippen molar-refractivity contribution in [2.24, 2.45) is 11.3 Å². The number of amides is 5. The smallest absolute Gasteiger partial charge is 0.335 e. The summed E-state index contributed by atoms with van der Waals surface area (Å²) in [5, 5.41) is 48.5. The van der Waals surface area contributed by atoms with E-state index in [0.29, 0.717) is 42.1 Å². The average molecular weight is 897 g/mol. The molecule has 19 heteroatoms. The van der Waals surface area contributed by atoms with Crippen LogP contribution in [0.15, 0.2) is 54.6 Å². The van der Waals surface area contributed by atoms with Gasteiger partial charge in [-0.05, 0) is 87.4 Å². The Morgan fingerprint density at radius 2 is 1.48 bits per heavy atom. The first kappa shape index (κ1) is 50.9. The standard InChI is InChI=1S/C45H60N4O15/c1-24(2)35(48-41(56)31(49-33(50)17-18-34(49)51)21-26-9-14-30(15-10-26)62-20-8-19-61-7)42(57)46-25(3)40(55)47-29-13-11-28(23-63-44(60)45(4,5)6)27(22-29)12-16-32-36(52)37(53)38(54)39(64-32)43(58)59/h9-11,13-15,17-18,22,24-25,31-32,35-39,52-54H,8,12,16,19-21,23H2,1-7H3,(H,46,57)(H,47,55)(H,48,56)(H,58,59)/t25-,31-,32+,35-,36+,37-,38+,39+/m1/s1. The molecule has 4 rings (SSSR count). The number of carboxylic acids is 1. The Hall–Kier alpha value is -5.73. The molecule has 0 aliphatic carbocycles. The zero-order valence-electron chi connectivity index (χ0n) is 37.1. The molecule has 2 aromatic rings. The SMILES string of the molecule is COCCCOc1ccc(C[C@H](C(=O)N[C@@H](C(=O)N[C@H](C)C(=O)Nc2ccc(COC(=O)C(C)(C)C)c(CC[C@@H]3O[C@H](C(=O)O)[C@@H](O)[C@H](O)[C@H]3O)c2)C(C)C)N2C(=O)C=CC2=O)cc1. The minimum absolute atomic E-state index is 0.0461. The number of esters is 1. The van der Waals surface area contributed by atoms with Crippen LogP contribution >= 0.6 is 0 Å². The first-order chi connectivity index (χ1) is 30.1. The van der Waals surface area contributed by atoms with Crippen molar-refractivity contribution in [3.8, 4) is 5.75 Å². The van der Waals surface area contributed by atoms with Gasteiger partial charge >= 0.3 is 11.9 Å². The number of aryl methyl sites for hydroxylation is 1. The Morgan fingerprint density at radius 1 is 0.828 bits per heavy atom. The lowest BCUT2D eigenvalue weighted by Gasteiger charge is -2.39. The van der Waals surface area contributed by atoms with Crippen LogP contribution in [0, 0.1) is 11.3 Å². The van der Waals surface area contributed by atoms with Crippen LogP contribution in [0.25, 0.3) is 0 Å². The number of nitrogens with zero attached hydrogens (tertiary/aromatic N) is 1. The van der Waals surface area contributed by atoms with Gasteiger partial charge in [-0.15, -0.1) is 0 Å². The van der Waals surface area contributed by atoms with E-state index < -0.39 is 101 Å². The number of carbonyl (C=O) groups excluding carboxylic acids is 6. The Kier molecular flexibility index (Phi) is 18.1. The monoisotopic (exact) mass is 896 g/mol. The average Bonchev–Trinajstić information content (AvgIpc) is 3.57. The van der Waals surface area contributed by atoms with Gasteiger partial charge in [0.25, 0.3) is 11.8 Å². The Labute approximate surface area is 371 Å². The number of aliphatic hydroxyl groups is 3. The fourth-order valence-corrected chi connectivity index (χ4v) is 6.89. The summed E-state index contributed by atoms with van der Waals surface area (Å²) < 4.78 is 21.7. The van der Waals surface area contributed by atoms with Gasteiger partial charge in [0.2, 0.25) is 17.7 Å². The molecule has 64 heavy (non-hydrogen) atoms. The summed E-state index contributed by atoms with van der Waals surface area (Å²) in [5.74, 6) is -5.47. The van der Waals surface area contributed by atoms with E-state index in [2.05, 4.69) is 16.0 Å². The van der Waals surface area contributed by atoms with E-state index >= 15 is 0 Å². The van der Waals surface area contributed by atoms with Crippen LogP contribution in [0.5, 0.6) is 5.75 Å². The van der Waals surface area contributed by atoms with Crippen molar-refractivity contribution >= 4 is 47.2 Å². The van der Waals surface area contributed by atoms with Crippen molar-refractivity contribution in [2.75, 3.05) is 25.6 Å². The number of rotatable bonds is 21. The van der Waals surface area contributed by atoms with E-state index in [1.165, 1.54) is 6.92 Å². The molecule has 2 aliphatic heterocycles. The molecule has 0 aromatic heterocycles. The van der Waals surface area contributed by atoms with Gasteiger partial charge in [-0.25, -0.2) is 4.79 Å². The molecule has 8 atom stereocenters. The highest BCUT2D eigenvalue weighted by molar-refractivity contribution is 6.15. The van der Waals surface area contributed by atoms with Gasteiger partial charge in [0, 0.05) is 44.4 Å². The summed E-state index contributed by atoms with van der Waals surface area (Å²) in [4.78, 5) is 91.9. The lowest BCUT2D eigenvalue weighted by molar-refractivity contribution is -0.228. The van der Waals surface area contributed by atoms with Crippen LogP contribution in [-0.4, -0.2) is 136 Å². The quantitative estimate of drug-likeness (QED) is 0.0527. The molecule has 0 saturated carbocycles. The molecule has 0 spiro atoms. The predicted octanol–water partition coefficient (Wildman–Crippen LogP) is 1.18. The highest BCUT2D eigenvalue weighted by atomic mass is 16.6. The number of aliphatic hydroxyl groups excluding tert-OH is 3. The zero-order chi connectivity index (χ0) is 47.5. The van der Waals surface area contributed by atoms with Gasteiger partial charge < -0.3 is 55.3 Å². The number of nitrogens with one attached hydrogen (secondary N) is 3. The van der Waals surface area contributed by atoms with Crippen molar-refractivity contribution in [2.45, 2.75) is 122 Å². The largest absolute Gasteiger partial charge is 0.494 e. The van der Waals surface area contributed by atoms with E-state index in [0.717, 1.165) is 17.1 Å². The van der Waals surface area contributed by atoms with Crippen LogP contribution in [0.3, 0.4) is 0 Å². The molecule has 0 radical (unpaired) electrons. The molecule has 0 bridgehead atoms. The second-order valence-electron chi connectivity index (χ2n) is 17.1. The first-order valence-electron chi connectivity index (χ1n) is 21.0. The maximum Gasteiger partial charge on any atom is 0.335 e. The molecule has 350 valence electrons. The molecule has 5 amide bonds. The summed E-state index contributed by atoms with van der Waals surface area (Å²) in [6.45, 7) is 10.6. The third kappa shape index (κ3) is 13.6. The van der Waals surface area contributed by atoms with Gasteiger partial charge in [0.05, 0.1) is 18.1 Å². The number of hydrogen-bond acceptors (Lipinski definition) is 14. The number of carbonyl (C=O) groups is 7.